The van der Waals surface area contributed by atoms with Crippen molar-refractivity contribution in [2.75, 3.05) is 19.7 Å². The number of aromatic nitrogens is 1. The van der Waals surface area contributed by atoms with E-state index in [4.69, 9.17) is 10.00 Å². The van der Waals surface area contributed by atoms with Gasteiger partial charge in [-0.25, -0.2) is 8.78 Å². The Morgan fingerprint density at radius 1 is 1.14 bits per heavy atom. The third-order valence-electron chi connectivity index (χ3n) is 6.08. The van der Waals surface area contributed by atoms with Crippen molar-refractivity contribution in [2.24, 2.45) is 0 Å². The molecular weight excluding hydrogens is 466 g/mol. The van der Waals surface area contributed by atoms with Gasteiger partial charge in [0, 0.05) is 18.0 Å². The van der Waals surface area contributed by atoms with Gasteiger partial charge in [0.2, 0.25) is 5.91 Å². The van der Waals surface area contributed by atoms with Crippen LogP contribution in [0.1, 0.15) is 35.2 Å². The molecule has 3 aromatic rings. The van der Waals surface area contributed by atoms with Gasteiger partial charge >= 0.3 is 0 Å². The predicted octanol–water partition coefficient (Wildman–Crippen LogP) is 4.13. The van der Waals surface area contributed by atoms with Crippen molar-refractivity contribution >= 4 is 22.7 Å². The van der Waals surface area contributed by atoms with Crippen molar-refractivity contribution in [2.45, 2.75) is 37.6 Å². The first kappa shape index (κ1) is 25.0. The third kappa shape index (κ3) is 5.95. The average Bonchev–Trinajstić information content (AvgIpc) is 3.21. The molecular formula is C27H26F2N4O3. The standard InChI is InChI=1S/C27H26F2N4O3/c28-27(29)15-20(16-30)33(18-27)24(34)17-32-26(35)22-12-13-31-25-21(22)10-6-11-23(25)36-14-5-4-9-19-7-2-1-3-8-19/h1-3,6-8,10-13,20H,4-5,9,14-15,17-18H2,(H,32,35). The minimum absolute atomic E-state index is 0.283. The van der Waals surface area contributed by atoms with Crippen molar-refractivity contribution in [1.82, 2.24) is 15.2 Å². The summed E-state index contributed by atoms with van der Waals surface area (Å²) in [6.07, 6.45) is 3.57. The minimum Gasteiger partial charge on any atom is -0.491 e. The minimum atomic E-state index is -3.11. The van der Waals surface area contributed by atoms with Gasteiger partial charge in [-0.2, -0.15) is 5.26 Å². The number of halogens is 2. The number of benzene rings is 2. The van der Waals surface area contributed by atoms with Crippen molar-refractivity contribution in [3.63, 3.8) is 0 Å². The Hall–Kier alpha value is -4.06. The monoisotopic (exact) mass is 492 g/mol. The van der Waals surface area contributed by atoms with Crippen LogP contribution in [0.2, 0.25) is 0 Å². The lowest BCUT2D eigenvalue weighted by molar-refractivity contribution is -0.131. The zero-order valence-electron chi connectivity index (χ0n) is 19.6. The second-order valence-corrected chi connectivity index (χ2v) is 8.71. The summed E-state index contributed by atoms with van der Waals surface area (Å²) in [4.78, 5) is 30.4. The number of unbranched alkanes of at least 4 members (excludes halogenated alkanes) is 1. The summed E-state index contributed by atoms with van der Waals surface area (Å²) in [5.41, 5.74) is 2.08. The number of fused-ring (bicyclic) bond motifs is 1. The van der Waals surface area contributed by atoms with Crippen LogP contribution in [0, 0.1) is 11.3 Å². The lowest BCUT2D eigenvalue weighted by atomic mass is 10.1. The SMILES string of the molecule is N#CC1CC(F)(F)CN1C(=O)CNC(=O)c1ccnc2c(OCCCCc3ccccc3)cccc12. The number of para-hydroxylation sites is 1. The number of carbonyl (C=O) groups is 2. The second-order valence-electron chi connectivity index (χ2n) is 8.71. The number of amides is 2. The number of nitrogens with zero attached hydrogens (tertiary/aromatic N) is 3. The first-order chi connectivity index (χ1) is 17.4. The molecule has 0 aliphatic carbocycles. The molecule has 1 aliphatic heterocycles. The Bertz CT molecular complexity index is 1280. The lowest BCUT2D eigenvalue weighted by Gasteiger charge is -2.19. The lowest BCUT2D eigenvalue weighted by Crippen LogP contribution is -2.43. The van der Waals surface area contributed by atoms with Crippen molar-refractivity contribution in [1.29, 1.82) is 5.26 Å². The Labute approximate surface area is 207 Å². The number of nitrogens with one attached hydrogen (secondary N) is 1. The second kappa shape index (κ2) is 11.1. The third-order valence-corrected chi connectivity index (χ3v) is 6.08. The molecule has 2 amide bonds. The number of aryl methyl sites for hydroxylation is 1. The maximum absolute atomic E-state index is 13.6. The van der Waals surface area contributed by atoms with E-state index in [9.17, 15) is 18.4 Å². The summed E-state index contributed by atoms with van der Waals surface area (Å²) in [5, 5.41) is 12.1. The summed E-state index contributed by atoms with van der Waals surface area (Å²) < 4.78 is 33.2. The number of likely N-dealkylation sites (tertiary alicyclic amines) is 1. The summed E-state index contributed by atoms with van der Waals surface area (Å²) in [5.74, 6) is -3.84. The van der Waals surface area contributed by atoms with Crippen LogP contribution in [0.5, 0.6) is 5.75 Å². The molecule has 186 valence electrons. The van der Waals surface area contributed by atoms with E-state index in [1.165, 1.54) is 17.8 Å². The van der Waals surface area contributed by atoms with Crippen LogP contribution in [0.25, 0.3) is 10.9 Å². The van der Waals surface area contributed by atoms with Crippen LogP contribution in [0.15, 0.2) is 60.8 Å². The Kier molecular flexibility index (Phi) is 7.74. The first-order valence-corrected chi connectivity index (χ1v) is 11.8. The maximum Gasteiger partial charge on any atom is 0.268 e. The highest BCUT2D eigenvalue weighted by Crippen LogP contribution is 2.31. The van der Waals surface area contributed by atoms with Crippen LogP contribution < -0.4 is 10.1 Å². The van der Waals surface area contributed by atoms with Crippen LogP contribution in [-0.2, 0) is 11.2 Å². The average molecular weight is 493 g/mol. The zero-order valence-corrected chi connectivity index (χ0v) is 19.6. The maximum atomic E-state index is 13.6. The predicted molar refractivity (Wildman–Crippen MR) is 130 cm³/mol. The summed E-state index contributed by atoms with van der Waals surface area (Å²) >= 11 is 0. The normalized spacial score (nSPS) is 16.5. The fraction of sp³-hybridized carbons (Fsp3) is 0.333. The van der Waals surface area contributed by atoms with Gasteiger partial charge in [-0.1, -0.05) is 42.5 Å². The van der Waals surface area contributed by atoms with Crippen LogP contribution >= 0.6 is 0 Å². The van der Waals surface area contributed by atoms with Gasteiger partial charge in [-0.05, 0) is 37.0 Å². The Balaban J connectivity index is 1.36. The molecule has 1 N–H and O–H groups in total. The van der Waals surface area contributed by atoms with Crippen molar-refractivity contribution < 1.29 is 23.1 Å². The zero-order chi connectivity index (χ0) is 25.5. The number of hydrogen-bond acceptors (Lipinski definition) is 5. The highest BCUT2D eigenvalue weighted by atomic mass is 19.3. The largest absolute Gasteiger partial charge is 0.491 e. The van der Waals surface area contributed by atoms with E-state index < -0.39 is 43.3 Å². The number of pyridine rings is 1. The van der Waals surface area contributed by atoms with Crippen LogP contribution in [-0.4, -0.2) is 53.4 Å². The number of hydrogen-bond donors (Lipinski definition) is 1. The quantitative estimate of drug-likeness (QED) is 0.454. The van der Waals surface area contributed by atoms with Gasteiger partial charge in [0.1, 0.15) is 17.3 Å². The molecule has 0 spiro atoms. The Morgan fingerprint density at radius 2 is 1.94 bits per heavy atom. The molecule has 0 radical (unpaired) electrons. The molecule has 1 fully saturated rings. The van der Waals surface area contributed by atoms with Crippen molar-refractivity contribution in [3.8, 4) is 11.8 Å². The van der Waals surface area contributed by atoms with E-state index >= 15 is 0 Å². The molecule has 7 nitrogen and oxygen atoms in total. The van der Waals surface area contributed by atoms with E-state index in [1.54, 1.807) is 24.3 Å². The molecule has 2 heterocycles. The van der Waals surface area contributed by atoms with Gasteiger partial charge in [0.15, 0.2) is 0 Å². The van der Waals surface area contributed by atoms with E-state index in [-0.39, 0.29) is 5.56 Å². The first-order valence-electron chi connectivity index (χ1n) is 11.8. The molecule has 0 saturated carbocycles. The fourth-order valence-corrected chi connectivity index (χ4v) is 4.27. The highest BCUT2D eigenvalue weighted by Gasteiger charge is 2.47. The molecule has 1 saturated heterocycles. The summed E-state index contributed by atoms with van der Waals surface area (Å²) in [6, 6.07) is 17.5. The number of ether oxygens (including phenoxy) is 1. The van der Waals surface area contributed by atoms with Gasteiger partial charge in [0.25, 0.3) is 11.8 Å². The van der Waals surface area contributed by atoms with Gasteiger partial charge < -0.3 is 15.0 Å². The number of alkyl halides is 2. The summed E-state index contributed by atoms with van der Waals surface area (Å²) in [7, 11) is 0. The number of rotatable bonds is 9. The smallest absolute Gasteiger partial charge is 0.268 e. The molecule has 9 heteroatoms. The Morgan fingerprint density at radius 3 is 2.72 bits per heavy atom. The molecule has 0 bridgehead atoms. The van der Waals surface area contributed by atoms with Crippen LogP contribution in [0.4, 0.5) is 8.78 Å². The van der Waals surface area contributed by atoms with Gasteiger partial charge in [-0.3, -0.25) is 14.6 Å². The number of carbonyl (C=O) groups excluding carboxylic acids is 2. The van der Waals surface area contributed by atoms with Gasteiger partial charge in [0.05, 0.1) is 31.3 Å². The molecule has 1 aromatic heterocycles. The molecule has 2 aromatic carbocycles. The highest BCUT2D eigenvalue weighted by molar-refractivity contribution is 6.07. The summed E-state index contributed by atoms with van der Waals surface area (Å²) in [6.45, 7) is -0.822. The topological polar surface area (TPSA) is 95.3 Å². The van der Waals surface area contributed by atoms with E-state index in [0.717, 1.165) is 24.2 Å². The molecule has 4 rings (SSSR count). The van der Waals surface area contributed by atoms with E-state index in [0.29, 0.717) is 23.3 Å². The van der Waals surface area contributed by atoms with Crippen LogP contribution in [0.3, 0.4) is 0 Å². The number of nitriles is 1. The molecule has 1 unspecified atom stereocenters. The molecule has 1 atom stereocenters. The van der Waals surface area contributed by atoms with E-state index in [1.807, 2.05) is 18.2 Å². The van der Waals surface area contributed by atoms with E-state index in [2.05, 4.69) is 22.4 Å². The molecule has 1 aliphatic rings. The van der Waals surface area contributed by atoms with Crippen molar-refractivity contribution in [3.05, 3.63) is 71.9 Å². The van der Waals surface area contributed by atoms with Gasteiger partial charge in [-0.15, -0.1) is 0 Å². The fourth-order valence-electron chi connectivity index (χ4n) is 4.27. The molecule has 36 heavy (non-hydrogen) atoms.